The minimum atomic E-state index is -0.463. The van der Waals surface area contributed by atoms with Crippen molar-refractivity contribution in [1.82, 2.24) is 4.98 Å². The average molecular weight is 303 g/mol. The summed E-state index contributed by atoms with van der Waals surface area (Å²) in [5.41, 5.74) is -0.0459. The number of nitrogens with zero attached hydrogens (tertiary/aromatic N) is 2. The SMILES string of the molecule is O=[N+]([O-])c1cncc(Cl)c1SCCOCCC1CC1. The lowest BCUT2D eigenvalue weighted by molar-refractivity contribution is -0.388. The van der Waals surface area contributed by atoms with Crippen LogP contribution in [0.25, 0.3) is 0 Å². The van der Waals surface area contributed by atoms with Crippen LogP contribution in [-0.2, 0) is 4.74 Å². The molecule has 1 aliphatic carbocycles. The molecule has 0 N–H and O–H groups in total. The highest BCUT2D eigenvalue weighted by atomic mass is 35.5. The van der Waals surface area contributed by atoms with Crippen LogP contribution < -0.4 is 0 Å². The molecule has 1 aromatic heterocycles. The highest BCUT2D eigenvalue weighted by molar-refractivity contribution is 7.99. The van der Waals surface area contributed by atoms with Gasteiger partial charge in [-0.05, 0) is 12.3 Å². The van der Waals surface area contributed by atoms with Gasteiger partial charge in [0.05, 0.1) is 16.6 Å². The van der Waals surface area contributed by atoms with Crippen molar-refractivity contribution in [1.29, 1.82) is 0 Å². The van der Waals surface area contributed by atoms with Gasteiger partial charge >= 0.3 is 5.69 Å². The molecule has 0 aliphatic heterocycles. The van der Waals surface area contributed by atoms with Gasteiger partial charge in [-0.3, -0.25) is 15.1 Å². The number of pyridine rings is 1. The minimum absolute atomic E-state index is 0.0459. The number of rotatable bonds is 8. The van der Waals surface area contributed by atoms with Crippen LogP contribution in [0.5, 0.6) is 0 Å². The van der Waals surface area contributed by atoms with Crippen molar-refractivity contribution in [2.45, 2.75) is 24.2 Å². The van der Waals surface area contributed by atoms with E-state index < -0.39 is 4.92 Å². The van der Waals surface area contributed by atoms with Crippen LogP contribution in [0.4, 0.5) is 5.69 Å². The smallest absolute Gasteiger partial charge is 0.302 e. The molecule has 1 saturated carbocycles. The van der Waals surface area contributed by atoms with Crippen molar-refractivity contribution < 1.29 is 9.66 Å². The fourth-order valence-electron chi connectivity index (χ4n) is 1.65. The summed E-state index contributed by atoms with van der Waals surface area (Å²) in [6.45, 7) is 1.35. The van der Waals surface area contributed by atoms with E-state index in [2.05, 4.69) is 4.98 Å². The third kappa shape index (κ3) is 4.63. The van der Waals surface area contributed by atoms with Gasteiger partial charge in [-0.25, -0.2) is 0 Å². The second-order valence-corrected chi connectivity index (χ2v) is 5.93. The molecule has 0 radical (unpaired) electrons. The number of thioether (sulfide) groups is 1. The number of nitro groups is 1. The van der Waals surface area contributed by atoms with E-state index in [1.165, 1.54) is 37.0 Å². The lowest BCUT2D eigenvalue weighted by atomic mass is 10.3. The Morgan fingerprint density at radius 1 is 1.47 bits per heavy atom. The highest BCUT2D eigenvalue weighted by Crippen LogP contribution is 2.34. The monoisotopic (exact) mass is 302 g/mol. The first-order chi connectivity index (χ1) is 9.18. The normalized spacial score (nSPS) is 14.6. The van der Waals surface area contributed by atoms with Crippen molar-refractivity contribution >= 4 is 29.1 Å². The largest absolute Gasteiger partial charge is 0.381 e. The predicted octanol–water partition coefficient (Wildman–Crippen LogP) is 3.55. The summed E-state index contributed by atoms with van der Waals surface area (Å²) in [6, 6.07) is 0. The molecule has 0 amide bonds. The van der Waals surface area contributed by atoms with Gasteiger partial charge in [-0.2, -0.15) is 0 Å². The van der Waals surface area contributed by atoms with Gasteiger partial charge in [-0.15, -0.1) is 11.8 Å². The average Bonchev–Trinajstić information content (AvgIpc) is 3.18. The fourth-order valence-corrected chi connectivity index (χ4v) is 2.83. The van der Waals surface area contributed by atoms with Crippen molar-refractivity contribution in [3.8, 4) is 0 Å². The molecule has 0 aromatic carbocycles. The van der Waals surface area contributed by atoms with Crippen LogP contribution >= 0.6 is 23.4 Å². The molecule has 1 fully saturated rings. The van der Waals surface area contributed by atoms with Crippen LogP contribution in [-0.4, -0.2) is 28.9 Å². The summed E-state index contributed by atoms with van der Waals surface area (Å²) in [7, 11) is 0. The van der Waals surface area contributed by atoms with E-state index in [9.17, 15) is 10.1 Å². The van der Waals surface area contributed by atoms with Gasteiger partial charge in [0.15, 0.2) is 0 Å². The van der Waals surface area contributed by atoms with Gasteiger partial charge in [0.25, 0.3) is 0 Å². The molecular weight excluding hydrogens is 288 g/mol. The van der Waals surface area contributed by atoms with Crippen molar-refractivity contribution in [2.75, 3.05) is 19.0 Å². The van der Waals surface area contributed by atoms with Crippen LogP contribution in [0.1, 0.15) is 19.3 Å². The maximum Gasteiger partial charge on any atom is 0.302 e. The molecular formula is C12H15ClN2O3S. The Morgan fingerprint density at radius 2 is 2.26 bits per heavy atom. The van der Waals surface area contributed by atoms with Crippen molar-refractivity contribution in [3.05, 3.63) is 27.5 Å². The van der Waals surface area contributed by atoms with E-state index >= 15 is 0 Å². The van der Waals surface area contributed by atoms with Crippen LogP contribution in [0.2, 0.25) is 5.02 Å². The summed E-state index contributed by atoms with van der Waals surface area (Å²) >= 11 is 7.27. The van der Waals surface area contributed by atoms with Gasteiger partial charge in [0.1, 0.15) is 11.1 Å². The zero-order chi connectivity index (χ0) is 13.7. The maximum absolute atomic E-state index is 10.9. The summed E-state index contributed by atoms with van der Waals surface area (Å²) in [4.78, 5) is 14.6. The summed E-state index contributed by atoms with van der Waals surface area (Å²) < 4.78 is 5.50. The minimum Gasteiger partial charge on any atom is -0.381 e. The topological polar surface area (TPSA) is 65.3 Å². The van der Waals surface area contributed by atoms with E-state index in [0.29, 0.717) is 22.3 Å². The maximum atomic E-state index is 10.9. The molecule has 0 spiro atoms. The number of halogens is 1. The number of hydrogen-bond acceptors (Lipinski definition) is 5. The number of aromatic nitrogens is 1. The van der Waals surface area contributed by atoms with Crippen LogP contribution in [0, 0.1) is 16.0 Å². The molecule has 0 bridgehead atoms. The Morgan fingerprint density at radius 3 is 2.95 bits per heavy atom. The van der Waals surface area contributed by atoms with Crippen LogP contribution in [0.3, 0.4) is 0 Å². The molecule has 1 aliphatic rings. The highest BCUT2D eigenvalue weighted by Gasteiger charge is 2.20. The quantitative estimate of drug-likeness (QED) is 0.318. The first-order valence-electron chi connectivity index (χ1n) is 6.17. The second kappa shape index (κ2) is 7.07. The van der Waals surface area contributed by atoms with Gasteiger partial charge in [0.2, 0.25) is 0 Å². The van der Waals surface area contributed by atoms with E-state index in [-0.39, 0.29) is 5.69 Å². The van der Waals surface area contributed by atoms with E-state index in [0.717, 1.165) is 18.9 Å². The molecule has 7 heteroatoms. The van der Waals surface area contributed by atoms with E-state index in [1.807, 2.05) is 0 Å². The van der Waals surface area contributed by atoms with Gasteiger partial charge in [-0.1, -0.05) is 24.4 Å². The molecule has 0 unspecified atom stereocenters. The first kappa shape index (κ1) is 14.6. The Balaban J connectivity index is 1.76. The van der Waals surface area contributed by atoms with Crippen molar-refractivity contribution in [2.24, 2.45) is 5.92 Å². The molecule has 1 heterocycles. The zero-order valence-electron chi connectivity index (χ0n) is 10.4. The number of ether oxygens (including phenoxy) is 1. The molecule has 104 valence electrons. The number of hydrogen-bond donors (Lipinski definition) is 0. The van der Waals surface area contributed by atoms with Crippen LogP contribution in [0.15, 0.2) is 17.3 Å². The molecule has 5 nitrogen and oxygen atoms in total. The van der Waals surface area contributed by atoms with Gasteiger partial charge < -0.3 is 4.74 Å². The molecule has 1 aromatic rings. The zero-order valence-corrected chi connectivity index (χ0v) is 12.0. The Kier molecular flexibility index (Phi) is 5.42. The Hall–Kier alpha value is -0.850. The summed E-state index contributed by atoms with van der Waals surface area (Å²) in [6.07, 6.45) is 6.43. The third-order valence-electron chi connectivity index (χ3n) is 2.87. The standard InChI is InChI=1S/C12H15ClN2O3S/c13-10-7-14-8-11(15(16)17)12(10)19-6-5-18-4-3-9-1-2-9/h7-9H,1-6H2. The molecule has 2 rings (SSSR count). The molecule has 0 saturated heterocycles. The lowest BCUT2D eigenvalue weighted by Crippen LogP contribution is -2.01. The second-order valence-electron chi connectivity index (χ2n) is 4.42. The molecule has 0 atom stereocenters. The Bertz CT molecular complexity index is 455. The predicted molar refractivity (Wildman–Crippen MR) is 74.8 cm³/mol. The Labute approximate surface area is 120 Å². The lowest BCUT2D eigenvalue weighted by Gasteiger charge is -2.05. The molecule has 19 heavy (non-hydrogen) atoms. The summed E-state index contributed by atoms with van der Waals surface area (Å²) in [5.74, 6) is 1.51. The third-order valence-corrected chi connectivity index (χ3v) is 4.36. The van der Waals surface area contributed by atoms with Gasteiger partial charge in [0, 0.05) is 18.6 Å². The van der Waals surface area contributed by atoms with E-state index in [1.54, 1.807) is 0 Å². The fraction of sp³-hybridized carbons (Fsp3) is 0.583. The first-order valence-corrected chi connectivity index (χ1v) is 7.53. The summed E-state index contributed by atoms with van der Waals surface area (Å²) in [5, 5.41) is 11.2. The van der Waals surface area contributed by atoms with E-state index in [4.69, 9.17) is 16.3 Å². The van der Waals surface area contributed by atoms with Crippen molar-refractivity contribution in [3.63, 3.8) is 0 Å².